The molecule has 1 aliphatic heterocycles. The third kappa shape index (κ3) is 4.14. The van der Waals surface area contributed by atoms with E-state index in [1.54, 1.807) is 12.1 Å². The lowest BCUT2D eigenvalue weighted by molar-refractivity contribution is -0.384. The van der Waals surface area contributed by atoms with Crippen molar-refractivity contribution in [3.63, 3.8) is 0 Å². The molecule has 0 aromatic heterocycles. The monoisotopic (exact) mass is 321 g/mol. The van der Waals surface area contributed by atoms with Crippen LogP contribution in [0.5, 0.6) is 0 Å². The van der Waals surface area contributed by atoms with E-state index in [4.69, 9.17) is 5.73 Å². The Morgan fingerprint density at radius 2 is 2.23 bits per heavy atom. The molecule has 1 fully saturated rings. The van der Waals surface area contributed by atoms with Gasteiger partial charge in [-0.05, 0) is 37.0 Å². The van der Waals surface area contributed by atoms with E-state index < -0.39 is 0 Å². The van der Waals surface area contributed by atoms with Crippen molar-refractivity contribution in [2.24, 2.45) is 16.8 Å². The molecule has 0 saturated carbocycles. The number of thiocarbonyl (C=S) groups is 1. The number of nitrogens with one attached hydrogen (secondary N) is 1. The topological polar surface area (TPSA) is 96.8 Å². The highest BCUT2D eigenvalue weighted by Gasteiger charge is 2.23. The zero-order valence-electron chi connectivity index (χ0n) is 12.4. The average Bonchev–Trinajstić information content (AvgIpc) is 2.47. The second-order valence-corrected chi connectivity index (χ2v) is 5.85. The third-order valence-corrected chi connectivity index (χ3v) is 3.80. The van der Waals surface area contributed by atoms with Crippen molar-refractivity contribution in [1.29, 1.82) is 0 Å². The number of hydrogen-bond donors (Lipinski definition) is 2. The Balaban J connectivity index is 2.22. The molecular formula is C14H19N5O2S. The summed E-state index contributed by atoms with van der Waals surface area (Å²) in [5.41, 5.74) is 9.05. The minimum Gasteiger partial charge on any atom is -0.375 e. The molecule has 0 amide bonds. The Labute approximate surface area is 134 Å². The number of rotatable bonds is 4. The van der Waals surface area contributed by atoms with Gasteiger partial charge < -0.3 is 10.6 Å². The number of nitro groups is 1. The lowest BCUT2D eigenvalue weighted by atomic mass is 9.98. The van der Waals surface area contributed by atoms with Crippen LogP contribution in [0.1, 0.15) is 25.3 Å². The van der Waals surface area contributed by atoms with Crippen LogP contribution < -0.4 is 16.1 Å². The zero-order valence-corrected chi connectivity index (χ0v) is 13.2. The second-order valence-electron chi connectivity index (χ2n) is 5.41. The summed E-state index contributed by atoms with van der Waals surface area (Å²) >= 11 is 4.63. The zero-order chi connectivity index (χ0) is 16.1. The summed E-state index contributed by atoms with van der Waals surface area (Å²) in [6.45, 7) is 3.90. The number of nitrogens with two attached hydrogens (primary N) is 1. The summed E-state index contributed by atoms with van der Waals surface area (Å²) in [6, 6.07) is 5.08. The number of piperidine rings is 1. The summed E-state index contributed by atoms with van der Waals surface area (Å²) in [5, 5.41) is 15.2. The molecule has 0 radical (unpaired) electrons. The normalized spacial score (nSPS) is 16.0. The van der Waals surface area contributed by atoms with Gasteiger partial charge in [0.15, 0.2) is 5.11 Å². The maximum atomic E-state index is 11.3. The van der Waals surface area contributed by atoms with Crippen LogP contribution in [0.25, 0.3) is 0 Å². The first-order valence-electron chi connectivity index (χ1n) is 7.09. The molecule has 8 heteroatoms. The minimum atomic E-state index is -0.355. The van der Waals surface area contributed by atoms with Crippen LogP contribution in [0.3, 0.4) is 0 Å². The molecule has 1 aromatic rings. The molecule has 7 nitrogen and oxygen atoms in total. The summed E-state index contributed by atoms with van der Waals surface area (Å²) in [5.74, 6) is 0.674. The van der Waals surface area contributed by atoms with Crippen LogP contribution >= 0.6 is 12.2 Å². The van der Waals surface area contributed by atoms with Crippen LogP contribution in [-0.2, 0) is 0 Å². The standard InChI is InChI=1S/C14H19N5O2S/c1-10-4-6-18(7-5-10)12-3-2-11(8-13(12)19(20)21)9-16-17-14(15)22/h2-3,8-10H,4-7H2,1H3,(H3,15,17,22)/b16-9+. The molecule has 22 heavy (non-hydrogen) atoms. The molecule has 1 aromatic carbocycles. The maximum Gasteiger partial charge on any atom is 0.293 e. The third-order valence-electron chi connectivity index (χ3n) is 3.71. The molecule has 3 N–H and O–H groups in total. The van der Waals surface area contributed by atoms with Crippen molar-refractivity contribution in [2.75, 3.05) is 18.0 Å². The molecule has 0 spiro atoms. The van der Waals surface area contributed by atoms with Crippen LogP contribution in [0.2, 0.25) is 0 Å². The number of hydrazone groups is 1. The highest BCUT2D eigenvalue weighted by molar-refractivity contribution is 7.80. The summed E-state index contributed by atoms with van der Waals surface area (Å²) in [4.78, 5) is 13.1. The molecule has 1 heterocycles. The molecule has 1 saturated heterocycles. The smallest absolute Gasteiger partial charge is 0.293 e. The lowest BCUT2D eigenvalue weighted by Gasteiger charge is -2.31. The van der Waals surface area contributed by atoms with Gasteiger partial charge in [0.2, 0.25) is 0 Å². The Bertz CT molecular complexity index is 597. The first kappa shape index (κ1) is 16.2. The number of nitro benzene ring substituents is 1. The van der Waals surface area contributed by atoms with Gasteiger partial charge in [0.1, 0.15) is 5.69 Å². The van der Waals surface area contributed by atoms with Crippen LogP contribution in [-0.4, -0.2) is 29.3 Å². The van der Waals surface area contributed by atoms with Gasteiger partial charge in [-0.1, -0.05) is 13.0 Å². The number of hydrogen-bond acceptors (Lipinski definition) is 5. The van der Waals surface area contributed by atoms with Crippen molar-refractivity contribution in [3.8, 4) is 0 Å². The molecule has 2 rings (SSSR count). The Morgan fingerprint density at radius 3 is 2.82 bits per heavy atom. The lowest BCUT2D eigenvalue weighted by Crippen LogP contribution is -2.33. The molecule has 118 valence electrons. The van der Waals surface area contributed by atoms with Gasteiger partial charge in [0, 0.05) is 24.7 Å². The molecule has 0 aliphatic carbocycles. The second kappa shape index (κ2) is 7.17. The van der Waals surface area contributed by atoms with E-state index in [1.807, 2.05) is 0 Å². The molecule has 0 bridgehead atoms. The van der Waals surface area contributed by atoms with Gasteiger partial charge in [-0.3, -0.25) is 15.5 Å². The van der Waals surface area contributed by atoms with Crippen LogP contribution in [0, 0.1) is 16.0 Å². The summed E-state index contributed by atoms with van der Waals surface area (Å²) in [6.07, 6.45) is 3.56. The van der Waals surface area contributed by atoms with Gasteiger partial charge in [-0.25, -0.2) is 0 Å². The summed E-state index contributed by atoms with van der Waals surface area (Å²) in [7, 11) is 0. The van der Waals surface area contributed by atoms with Crippen molar-refractivity contribution < 1.29 is 4.92 Å². The minimum absolute atomic E-state index is 0.0461. The first-order valence-corrected chi connectivity index (χ1v) is 7.50. The molecule has 0 unspecified atom stereocenters. The van der Waals surface area contributed by atoms with E-state index in [0.29, 0.717) is 17.2 Å². The maximum absolute atomic E-state index is 11.3. The van der Waals surface area contributed by atoms with Gasteiger partial charge in [0.05, 0.1) is 11.1 Å². The predicted molar refractivity (Wildman–Crippen MR) is 91.2 cm³/mol. The first-order chi connectivity index (χ1) is 10.5. The van der Waals surface area contributed by atoms with E-state index in [9.17, 15) is 10.1 Å². The van der Waals surface area contributed by atoms with Crippen molar-refractivity contribution in [3.05, 3.63) is 33.9 Å². The quantitative estimate of drug-likeness (QED) is 0.381. The number of anilines is 1. The van der Waals surface area contributed by atoms with Crippen molar-refractivity contribution >= 4 is 34.9 Å². The summed E-state index contributed by atoms with van der Waals surface area (Å²) < 4.78 is 0. The van der Waals surface area contributed by atoms with Crippen molar-refractivity contribution in [2.45, 2.75) is 19.8 Å². The van der Waals surface area contributed by atoms with Crippen LogP contribution in [0.15, 0.2) is 23.3 Å². The fourth-order valence-corrected chi connectivity index (χ4v) is 2.51. The van der Waals surface area contributed by atoms with E-state index >= 15 is 0 Å². The van der Waals surface area contributed by atoms with Crippen molar-refractivity contribution in [1.82, 2.24) is 5.43 Å². The Kier molecular flexibility index (Phi) is 5.26. The number of benzene rings is 1. The van der Waals surface area contributed by atoms with Gasteiger partial charge in [-0.2, -0.15) is 5.10 Å². The fraction of sp³-hybridized carbons (Fsp3) is 0.429. The van der Waals surface area contributed by atoms with Crippen LogP contribution in [0.4, 0.5) is 11.4 Å². The van der Waals surface area contributed by atoms with Gasteiger partial charge >= 0.3 is 0 Å². The highest BCUT2D eigenvalue weighted by Crippen LogP contribution is 2.31. The molecule has 0 atom stereocenters. The SMILES string of the molecule is CC1CCN(c2ccc(/C=N/NC(N)=S)cc2[N+](=O)[O-])CC1. The van der Waals surface area contributed by atoms with Gasteiger partial charge in [-0.15, -0.1) is 0 Å². The van der Waals surface area contributed by atoms with E-state index in [1.165, 1.54) is 12.3 Å². The Hall–Kier alpha value is -2.22. The van der Waals surface area contributed by atoms with E-state index in [2.05, 4.69) is 34.6 Å². The molecular weight excluding hydrogens is 302 g/mol. The predicted octanol–water partition coefficient (Wildman–Crippen LogP) is 2.00. The highest BCUT2D eigenvalue weighted by atomic mass is 32.1. The average molecular weight is 321 g/mol. The Morgan fingerprint density at radius 1 is 1.55 bits per heavy atom. The van der Waals surface area contributed by atoms with E-state index in [0.717, 1.165) is 25.9 Å². The largest absolute Gasteiger partial charge is 0.375 e. The van der Waals surface area contributed by atoms with E-state index in [-0.39, 0.29) is 15.7 Å². The fourth-order valence-electron chi connectivity index (χ4n) is 2.45. The number of nitrogens with zero attached hydrogens (tertiary/aromatic N) is 3. The molecule has 1 aliphatic rings. The van der Waals surface area contributed by atoms with Gasteiger partial charge in [0.25, 0.3) is 5.69 Å².